The van der Waals surface area contributed by atoms with Crippen LogP contribution in [0.3, 0.4) is 0 Å². The van der Waals surface area contributed by atoms with Gasteiger partial charge >= 0.3 is 0 Å². The van der Waals surface area contributed by atoms with E-state index in [9.17, 15) is 4.79 Å². The third-order valence-corrected chi connectivity index (χ3v) is 5.20. The molecule has 2 heterocycles. The SMILES string of the molecule is C/C(=N\Nc1nnc(SCC(=O)Nc2ccccc2Br)n1N)c1ccncc1. The molecule has 2 aromatic heterocycles. The van der Waals surface area contributed by atoms with Gasteiger partial charge in [-0.15, -0.1) is 10.2 Å². The van der Waals surface area contributed by atoms with Crippen molar-refractivity contribution in [3.05, 3.63) is 58.8 Å². The summed E-state index contributed by atoms with van der Waals surface area (Å²) < 4.78 is 2.06. The van der Waals surface area contributed by atoms with E-state index >= 15 is 0 Å². The Kier molecular flexibility index (Phi) is 6.61. The number of nitrogens with one attached hydrogen (secondary N) is 2. The number of nitrogen functional groups attached to an aromatic ring is 1. The van der Waals surface area contributed by atoms with E-state index in [4.69, 9.17) is 5.84 Å². The summed E-state index contributed by atoms with van der Waals surface area (Å²) in [6.45, 7) is 1.85. The van der Waals surface area contributed by atoms with Crippen molar-refractivity contribution < 1.29 is 4.79 Å². The summed E-state index contributed by atoms with van der Waals surface area (Å²) in [5, 5.41) is 15.4. The molecule has 4 N–H and O–H groups in total. The Morgan fingerprint density at radius 3 is 2.75 bits per heavy atom. The van der Waals surface area contributed by atoms with Crippen LogP contribution in [0.15, 0.2) is 63.5 Å². The molecule has 1 amide bonds. The molecule has 0 radical (unpaired) electrons. The van der Waals surface area contributed by atoms with Crippen LogP contribution in [-0.4, -0.2) is 37.2 Å². The summed E-state index contributed by atoms with van der Waals surface area (Å²) in [4.78, 5) is 16.1. The number of hydrazone groups is 1. The molecule has 0 bridgehead atoms. The summed E-state index contributed by atoms with van der Waals surface area (Å²) in [5.74, 6) is 6.20. The first kappa shape index (κ1) is 19.8. The number of anilines is 2. The van der Waals surface area contributed by atoms with Gasteiger partial charge in [-0.1, -0.05) is 23.9 Å². The number of carbonyl (C=O) groups is 1. The first-order valence-corrected chi connectivity index (χ1v) is 9.91. The molecule has 0 aliphatic rings. The molecule has 9 nitrogen and oxygen atoms in total. The number of aromatic nitrogens is 4. The van der Waals surface area contributed by atoms with Crippen molar-refractivity contribution in [3.63, 3.8) is 0 Å². The number of carbonyl (C=O) groups excluding carboxylic acids is 1. The van der Waals surface area contributed by atoms with Gasteiger partial charge in [-0.25, -0.2) is 10.1 Å². The second-order valence-electron chi connectivity index (χ2n) is 5.54. The second kappa shape index (κ2) is 9.33. The smallest absolute Gasteiger partial charge is 0.264 e. The molecule has 3 aromatic rings. The minimum absolute atomic E-state index is 0.135. The quantitative estimate of drug-likeness (QED) is 0.214. The number of benzene rings is 1. The lowest BCUT2D eigenvalue weighted by atomic mass is 10.2. The topological polar surface area (TPSA) is 123 Å². The largest absolute Gasteiger partial charge is 0.334 e. The summed E-state index contributed by atoms with van der Waals surface area (Å²) in [6, 6.07) is 11.1. The number of thioether (sulfide) groups is 1. The van der Waals surface area contributed by atoms with Crippen molar-refractivity contribution in [2.45, 2.75) is 12.1 Å². The van der Waals surface area contributed by atoms with Gasteiger partial charge in [0, 0.05) is 22.4 Å². The molecule has 0 fully saturated rings. The molecule has 144 valence electrons. The van der Waals surface area contributed by atoms with Gasteiger partial charge in [-0.3, -0.25) is 9.78 Å². The molecule has 0 aliphatic carbocycles. The number of para-hydroxylation sites is 1. The van der Waals surface area contributed by atoms with Crippen LogP contribution in [0.5, 0.6) is 0 Å². The molecular formula is C17H17BrN8OS. The average molecular weight is 461 g/mol. The second-order valence-corrected chi connectivity index (χ2v) is 7.33. The van der Waals surface area contributed by atoms with Crippen LogP contribution in [-0.2, 0) is 4.79 Å². The molecule has 0 saturated heterocycles. The van der Waals surface area contributed by atoms with Crippen LogP contribution in [0, 0.1) is 0 Å². The molecule has 28 heavy (non-hydrogen) atoms. The maximum absolute atomic E-state index is 12.1. The van der Waals surface area contributed by atoms with E-state index in [1.54, 1.807) is 12.4 Å². The van der Waals surface area contributed by atoms with E-state index in [1.807, 2.05) is 43.3 Å². The Hall–Kier alpha value is -2.92. The van der Waals surface area contributed by atoms with Crippen LogP contribution in [0.25, 0.3) is 0 Å². The van der Waals surface area contributed by atoms with Crippen LogP contribution in [0.4, 0.5) is 11.6 Å². The third kappa shape index (κ3) is 5.08. The summed E-state index contributed by atoms with van der Waals surface area (Å²) >= 11 is 4.56. The Labute approximate surface area is 173 Å². The highest BCUT2D eigenvalue weighted by atomic mass is 79.9. The molecule has 0 atom stereocenters. The van der Waals surface area contributed by atoms with Crippen molar-refractivity contribution >= 4 is 50.9 Å². The number of rotatable bonds is 7. The van der Waals surface area contributed by atoms with Gasteiger partial charge in [0.25, 0.3) is 5.95 Å². The van der Waals surface area contributed by atoms with E-state index in [-0.39, 0.29) is 17.6 Å². The van der Waals surface area contributed by atoms with Crippen molar-refractivity contribution in [1.29, 1.82) is 0 Å². The Bertz CT molecular complexity index is 992. The van der Waals surface area contributed by atoms with E-state index in [1.165, 1.54) is 16.4 Å². The van der Waals surface area contributed by atoms with Crippen LogP contribution >= 0.6 is 27.7 Å². The predicted octanol–water partition coefficient (Wildman–Crippen LogP) is 2.72. The third-order valence-electron chi connectivity index (χ3n) is 3.57. The summed E-state index contributed by atoms with van der Waals surface area (Å²) in [5.41, 5.74) is 5.14. The molecular weight excluding hydrogens is 444 g/mol. The van der Waals surface area contributed by atoms with Crippen LogP contribution in [0.2, 0.25) is 0 Å². The first-order valence-electron chi connectivity index (χ1n) is 8.13. The highest BCUT2D eigenvalue weighted by molar-refractivity contribution is 9.10. The number of amides is 1. The summed E-state index contributed by atoms with van der Waals surface area (Å²) in [7, 11) is 0. The number of nitrogens with zero attached hydrogens (tertiary/aromatic N) is 5. The Morgan fingerprint density at radius 2 is 2.00 bits per heavy atom. The normalized spacial score (nSPS) is 11.3. The zero-order valence-electron chi connectivity index (χ0n) is 14.8. The lowest BCUT2D eigenvalue weighted by Crippen LogP contribution is -2.17. The maximum atomic E-state index is 12.1. The fourth-order valence-electron chi connectivity index (χ4n) is 2.12. The number of hydrogen-bond acceptors (Lipinski definition) is 8. The van der Waals surface area contributed by atoms with E-state index in [0.717, 1.165) is 15.7 Å². The Morgan fingerprint density at radius 1 is 1.25 bits per heavy atom. The predicted molar refractivity (Wildman–Crippen MR) is 114 cm³/mol. The van der Waals surface area contributed by atoms with Gasteiger partial charge in [0.1, 0.15) is 0 Å². The molecule has 0 spiro atoms. The number of hydrogen-bond donors (Lipinski definition) is 3. The van der Waals surface area contributed by atoms with Gasteiger partial charge in [0.15, 0.2) is 0 Å². The zero-order valence-corrected chi connectivity index (χ0v) is 17.2. The van der Waals surface area contributed by atoms with E-state index < -0.39 is 0 Å². The monoisotopic (exact) mass is 460 g/mol. The molecule has 3 rings (SSSR count). The fourth-order valence-corrected chi connectivity index (χ4v) is 3.16. The zero-order chi connectivity index (χ0) is 19.9. The highest BCUT2D eigenvalue weighted by Crippen LogP contribution is 2.22. The minimum atomic E-state index is -0.180. The van der Waals surface area contributed by atoms with E-state index in [0.29, 0.717) is 10.8 Å². The lowest BCUT2D eigenvalue weighted by molar-refractivity contribution is -0.113. The van der Waals surface area contributed by atoms with Gasteiger partial charge < -0.3 is 11.2 Å². The number of halogens is 1. The standard InChI is InChI=1S/C17H17BrN8OS/c1-11(12-6-8-20-9-7-12)22-23-16-24-25-17(26(16)19)28-10-15(27)21-14-5-3-2-4-13(14)18/h2-9H,10,19H2,1H3,(H,21,27)(H,23,24)/b22-11+. The van der Waals surface area contributed by atoms with Crippen LogP contribution in [0.1, 0.15) is 12.5 Å². The number of pyridine rings is 1. The molecule has 0 aliphatic heterocycles. The minimum Gasteiger partial charge on any atom is -0.334 e. The number of nitrogens with two attached hydrogens (primary N) is 1. The maximum Gasteiger partial charge on any atom is 0.264 e. The summed E-state index contributed by atoms with van der Waals surface area (Å²) in [6.07, 6.45) is 3.38. The molecule has 0 saturated carbocycles. The lowest BCUT2D eigenvalue weighted by Gasteiger charge is -2.07. The van der Waals surface area contributed by atoms with Crippen molar-refractivity contribution in [2.75, 3.05) is 22.3 Å². The van der Waals surface area contributed by atoms with E-state index in [2.05, 4.69) is 47.0 Å². The van der Waals surface area contributed by atoms with Crippen molar-refractivity contribution in [1.82, 2.24) is 19.9 Å². The molecule has 11 heteroatoms. The molecule has 0 unspecified atom stereocenters. The fraction of sp³-hybridized carbons (Fsp3) is 0.118. The van der Waals surface area contributed by atoms with Gasteiger partial charge in [-0.05, 0) is 47.1 Å². The van der Waals surface area contributed by atoms with Crippen molar-refractivity contribution in [2.24, 2.45) is 5.10 Å². The highest BCUT2D eigenvalue weighted by Gasteiger charge is 2.13. The van der Waals surface area contributed by atoms with Gasteiger partial charge in [0.2, 0.25) is 11.1 Å². The first-order chi connectivity index (χ1) is 13.5. The van der Waals surface area contributed by atoms with Crippen molar-refractivity contribution in [3.8, 4) is 0 Å². The molecule has 1 aromatic carbocycles. The van der Waals surface area contributed by atoms with Gasteiger partial charge in [0.05, 0.1) is 17.2 Å². The van der Waals surface area contributed by atoms with Crippen LogP contribution < -0.4 is 16.6 Å². The average Bonchev–Trinajstić information content (AvgIpc) is 3.06. The Balaban J connectivity index is 1.57. The van der Waals surface area contributed by atoms with Gasteiger partial charge in [-0.2, -0.15) is 5.10 Å².